The lowest BCUT2D eigenvalue weighted by Crippen LogP contribution is -2.36. The highest BCUT2D eigenvalue weighted by molar-refractivity contribution is 7.98. The molecule has 16 heavy (non-hydrogen) atoms. The van der Waals surface area contributed by atoms with E-state index in [0.717, 1.165) is 5.75 Å². The molecule has 0 radical (unpaired) electrons. The third kappa shape index (κ3) is 3.39. The van der Waals surface area contributed by atoms with Crippen LogP contribution in [0.4, 0.5) is 0 Å². The maximum atomic E-state index is 12.0. The van der Waals surface area contributed by atoms with Crippen molar-refractivity contribution in [1.82, 2.24) is 9.88 Å². The zero-order chi connectivity index (χ0) is 12.1. The predicted octanol–water partition coefficient (Wildman–Crippen LogP) is 2.56. The number of hydrogen-bond acceptors (Lipinski definition) is 3. The predicted molar refractivity (Wildman–Crippen MR) is 69.2 cm³/mol. The van der Waals surface area contributed by atoms with E-state index >= 15 is 0 Å². The van der Waals surface area contributed by atoms with Crippen LogP contribution in [0.2, 0.25) is 5.15 Å². The zero-order valence-corrected chi connectivity index (χ0v) is 11.2. The van der Waals surface area contributed by atoms with E-state index < -0.39 is 0 Å². The van der Waals surface area contributed by atoms with Crippen LogP contribution in [0.25, 0.3) is 0 Å². The number of halogens is 1. The number of hydrogen-bond donors (Lipinski definition) is 0. The molecule has 0 aliphatic heterocycles. The van der Waals surface area contributed by atoms with Crippen molar-refractivity contribution >= 4 is 29.3 Å². The van der Waals surface area contributed by atoms with E-state index in [2.05, 4.69) is 4.98 Å². The second-order valence-electron chi connectivity index (χ2n) is 3.59. The molecule has 1 unspecified atom stereocenters. The standard InChI is InChI=1S/C11H15ClN2OS/c1-8(7-16-3)14(2)11(15)9-4-5-10(12)13-6-9/h4-6,8H,7H2,1-3H3. The summed E-state index contributed by atoms with van der Waals surface area (Å²) in [6.45, 7) is 2.03. The SMILES string of the molecule is CSCC(C)N(C)C(=O)c1ccc(Cl)nc1. The zero-order valence-electron chi connectivity index (χ0n) is 9.61. The lowest BCUT2D eigenvalue weighted by molar-refractivity contribution is 0.0757. The van der Waals surface area contributed by atoms with Gasteiger partial charge in [-0.2, -0.15) is 11.8 Å². The second-order valence-corrected chi connectivity index (χ2v) is 4.89. The third-order valence-electron chi connectivity index (χ3n) is 2.36. The lowest BCUT2D eigenvalue weighted by atomic mass is 10.2. The van der Waals surface area contributed by atoms with Crippen molar-refractivity contribution in [3.8, 4) is 0 Å². The maximum Gasteiger partial charge on any atom is 0.255 e. The van der Waals surface area contributed by atoms with E-state index in [9.17, 15) is 4.79 Å². The van der Waals surface area contributed by atoms with Gasteiger partial charge in [-0.15, -0.1) is 0 Å². The Bertz CT molecular complexity index is 356. The summed E-state index contributed by atoms with van der Waals surface area (Å²) in [6, 6.07) is 3.53. The topological polar surface area (TPSA) is 33.2 Å². The molecule has 1 atom stereocenters. The third-order valence-corrected chi connectivity index (χ3v) is 3.40. The fourth-order valence-corrected chi connectivity index (χ4v) is 2.08. The minimum Gasteiger partial charge on any atom is -0.338 e. The van der Waals surface area contributed by atoms with Gasteiger partial charge in [0.15, 0.2) is 0 Å². The molecule has 5 heteroatoms. The molecule has 1 rings (SSSR count). The Labute approximate surface area is 105 Å². The fourth-order valence-electron chi connectivity index (χ4n) is 1.26. The molecule has 88 valence electrons. The molecule has 0 saturated heterocycles. The summed E-state index contributed by atoms with van der Waals surface area (Å²) < 4.78 is 0. The molecule has 1 amide bonds. The average molecular weight is 259 g/mol. The molecule has 1 aromatic rings. The summed E-state index contributed by atoms with van der Waals surface area (Å²) in [6.07, 6.45) is 3.53. The lowest BCUT2D eigenvalue weighted by Gasteiger charge is -2.24. The van der Waals surface area contributed by atoms with Crippen LogP contribution in [0.1, 0.15) is 17.3 Å². The van der Waals surface area contributed by atoms with Crippen molar-refractivity contribution in [2.24, 2.45) is 0 Å². The van der Waals surface area contributed by atoms with Crippen molar-refractivity contribution in [1.29, 1.82) is 0 Å². The minimum absolute atomic E-state index is 0.0225. The molecule has 1 heterocycles. The van der Waals surface area contributed by atoms with Gasteiger partial charge in [0.25, 0.3) is 5.91 Å². The molecule has 0 aromatic carbocycles. The quantitative estimate of drug-likeness (QED) is 0.779. The molecule has 1 aromatic heterocycles. The van der Waals surface area contributed by atoms with E-state index in [1.54, 1.807) is 35.8 Å². The Morgan fingerprint density at radius 3 is 2.81 bits per heavy atom. The van der Waals surface area contributed by atoms with Crippen molar-refractivity contribution < 1.29 is 4.79 Å². The van der Waals surface area contributed by atoms with E-state index in [-0.39, 0.29) is 11.9 Å². The Morgan fingerprint density at radius 2 is 2.31 bits per heavy atom. The molecular weight excluding hydrogens is 244 g/mol. The van der Waals surface area contributed by atoms with Crippen molar-refractivity contribution in [2.45, 2.75) is 13.0 Å². The van der Waals surface area contributed by atoms with Crippen molar-refractivity contribution in [3.63, 3.8) is 0 Å². The first kappa shape index (κ1) is 13.3. The van der Waals surface area contributed by atoms with Gasteiger partial charge in [-0.1, -0.05) is 11.6 Å². The maximum absolute atomic E-state index is 12.0. The van der Waals surface area contributed by atoms with Gasteiger partial charge in [0.05, 0.1) is 5.56 Å². The van der Waals surface area contributed by atoms with Crippen molar-refractivity contribution in [2.75, 3.05) is 19.1 Å². The first-order chi connectivity index (χ1) is 7.56. The van der Waals surface area contributed by atoms with Gasteiger partial charge in [0.2, 0.25) is 0 Å². The Kier molecular flexibility index (Phi) is 5.09. The van der Waals surface area contributed by atoms with Gasteiger partial charge in [0, 0.05) is 25.0 Å². The molecule has 0 aliphatic rings. The number of thioether (sulfide) groups is 1. The summed E-state index contributed by atoms with van der Waals surface area (Å²) in [4.78, 5) is 17.6. The van der Waals surface area contributed by atoms with Crippen LogP contribution >= 0.6 is 23.4 Å². The molecular formula is C11H15ClN2OS. The first-order valence-corrected chi connectivity index (χ1v) is 6.71. The van der Waals surface area contributed by atoms with Gasteiger partial charge >= 0.3 is 0 Å². The van der Waals surface area contributed by atoms with Crippen LogP contribution in [-0.2, 0) is 0 Å². The normalized spacial score (nSPS) is 12.2. The summed E-state index contributed by atoms with van der Waals surface area (Å²) in [5.41, 5.74) is 0.569. The first-order valence-electron chi connectivity index (χ1n) is 4.94. The smallest absolute Gasteiger partial charge is 0.255 e. The second kappa shape index (κ2) is 6.11. The van der Waals surface area contributed by atoms with Crippen LogP contribution < -0.4 is 0 Å². The van der Waals surface area contributed by atoms with E-state index in [0.29, 0.717) is 10.7 Å². The molecule has 0 aliphatic carbocycles. The molecule has 0 saturated carbocycles. The van der Waals surface area contributed by atoms with Crippen LogP contribution in [0.5, 0.6) is 0 Å². The van der Waals surface area contributed by atoms with Gasteiger partial charge < -0.3 is 4.90 Å². The van der Waals surface area contributed by atoms with Crippen molar-refractivity contribution in [3.05, 3.63) is 29.0 Å². The molecule has 0 spiro atoms. The average Bonchev–Trinajstić information content (AvgIpc) is 2.28. The Morgan fingerprint density at radius 1 is 1.62 bits per heavy atom. The molecule has 0 N–H and O–H groups in total. The number of carbonyl (C=O) groups excluding carboxylic acids is 1. The number of aromatic nitrogens is 1. The Balaban J connectivity index is 2.73. The summed E-state index contributed by atoms with van der Waals surface area (Å²) in [7, 11) is 1.80. The Hall–Kier alpha value is -0.740. The highest BCUT2D eigenvalue weighted by atomic mass is 35.5. The van der Waals surface area contributed by atoms with Gasteiger partial charge in [0.1, 0.15) is 5.15 Å². The van der Waals surface area contributed by atoms with E-state index in [4.69, 9.17) is 11.6 Å². The highest BCUT2D eigenvalue weighted by Gasteiger charge is 2.17. The molecule has 0 bridgehead atoms. The minimum atomic E-state index is -0.0225. The largest absolute Gasteiger partial charge is 0.338 e. The van der Waals surface area contributed by atoms with Gasteiger partial charge in [-0.3, -0.25) is 4.79 Å². The number of carbonyl (C=O) groups is 1. The van der Waals surface area contributed by atoms with E-state index in [1.165, 1.54) is 6.20 Å². The van der Waals surface area contributed by atoms with Gasteiger partial charge in [-0.25, -0.2) is 4.98 Å². The number of rotatable bonds is 4. The highest BCUT2D eigenvalue weighted by Crippen LogP contribution is 2.11. The summed E-state index contributed by atoms with van der Waals surface area (Å²) >= 11 is 7.39. The number of pyridine rings is 1. The van der Waals surface area contributed by atoms with Crippen LogP contribution in [0.15, 0.2) is 18.3 Å². The number of amides is 1. The molecule has 3 nitrogen and oxygen atoms in total. The van der Waals surface area contributed by atoms with E-state index in [1.807, 2.05) is 13.2 Å². The molecule has 0 fully saturated rings. The van der Waals surface area contributed by atoms with Crippen LogP contribution in [0, 0.1) is 0 Å². The van der Waals surface area contributed by atoms with Crippen LogP contribution in [-0.4, -0.2) is 40.9 Å². The summed E-state index contributed by atoms with van der Waals surface area (Å²) in [5.74, 6) is 0.897. The number of nitrogens with zero attached hydrogens (tertiary/aromatic N) is 2. The monoisotopic (exact) mass is 258 g/mol. The van der Waals surface area contributed by atoms with Crippen LogP contribution in [0.3, 0.4) is 0 Å². The van der Waals surface area contributed by atoms with Gasteiger partial charge in [-0.05, 0) is 25.3 Å². The summed E-state index contributed by atoms with van der Waals surface area (Å²) in [5, 5.41) is 0.399. The fraction of sp³-hybridized carbons (Fsp3) is 0.455.